The molecule has 0 saturated heterocycles. The van der Waals surface area contributed by atoms with Crippen LogP contribution in [0.2, 0.25) is 0 Å². The lowest BCUT2D eigenvalue weighted by Crippen LogP contribution is -2.22. The number of ether oxygens (including phenoxy) is 3. The van der Waals surface area contributed by atoms with Crippen LogP contribution in [0.5, 0.6) is 5.88 Å². The van der Waals surface area contributed by atoms with Crippen LogP contribution >= 0.6 is 11.3 Å². The van der Waals surface area contributed by atoms with Crippen molar-refractivity contribution in [3.05, 3.63) is 40.9 Å². The Labute approximate surface area is 156 Å². The van der Waals surface area contributed by atoms with Crippen LogP contribution < -0.4 is 10.1 Å². The molecule has 1 N–H and O–H groups in total. The molecule has 140 valence electrons. The van der Waals surface area contributed by atoms with Gasteiger partial charge in [0.15, 0.2) is 0 Å². The second-order valence-electron chi connectivity index (χ2n) is 6.30. The zero-order valence-corrected chi connectivity index (χ0v) is 16.0. The Morgan fingerprint density at radius 3 is 2.58 bits per heavy atom. The molecule has 0 radical (unpaired) electrons. The number of hydrogen-bond acceptors (Lipinski definition) is 7. The second-order valence-corrected chi connectivity index (χ2v) is 7.22. The molecule has 0 fully saturated rings. The summed E-state index contributed by atoms with van der Waals surface area (Å²) in [6, 6.07) is 4.82. The third-order valence-electron chi connectivity index (χ3n) is 3.16. The minimum Gasteiger partial charge on any atom is -0.475 e. The van der Waals surface area contributed by atoms with Gasteiger partial charge in [-0.1, -0.05) is 0 Å². The molecule has 2 rings (SSSR count). The van der Waals surface area contributed by atoms with E-state index in [4.69, 9.17) is 9.47 Å². The predicted octanol–water partition coefficient (Wildman–Crippen LogP) is 3.38. The molecule has 7 nitrogen and oxygen atoms in total. The molecule has 0 aliphatic carbocycles. The first kappa shape index (κ1) is 19.9. The molecule has 0 aliphatic rings. The molecule has 8 heteroatoms. The third-order valence-corrected chi connectivity index (χ3v) is 3.99. The lowest BCUT2D eigenvalue weighted by Gasteiger charge is -2.19. The van der Waals surface area contributed by atoms with E-state index >= 15 is 0 Å². The Bertz CT molecular complexity index is 750. The van der Waals surface area contributed by atoms with Crippen molar-refractivity contribution in [3.8, 4) is 5.88 Å². The van der Waals surface area contributed by atoms with Crippen LogP contribution in [0.15, 0.2) is 29.8 Å². The van der Waals surface area contributed by atoms with Gasteiger partial charge in [-0.15, -0.1) is 11.3 Å². The Balaban J connectivity index is 1.91. The fraction of sp³-hybridized carbons (Fsp3) is 0.389. The van der Waals surface area contributed by atoms with Gasteiger partial charge in [0.2, 0.25) is 5.88 Å². The number of rotatable bonds is 7. The summed E-state index contributed by atoms with van der Waals surface area (Å²) < 4.78 is 15.7. The maximum atomic E-state index is 12.3. The highest BCUT2D eigenvalue weighted by Crippen LogP contribution is 2.24. The molecule has 0 aromatic carbocycles. The van der Waals surface area contributed by atoms with Gasteiger partial charge < -0.3 is 19.5 Å². The van der Waals surface area contributed by atoms with Crippen LogP contribution in [0.3, 0.4) is 0 Å². The average Bonchev–Trinajstić information content (AvgIpc) is 3.06. The van der Waals surface area contributed by atoms with Crippen molar-refractivity contribution in [1.82, 2.24) is 4.98 Å². The number of methoxy groups -OCH3 is 1. The molecule has 2 aromatic rings. The average molecular weight is 378 g/mol. The van der Waals surface area contributed by atoms with Crippen LogP contribution in [-0.2, 0) is 9.47 Å². The molecule has 0 atom stereocenters. The first-order valence-corrected chi connectivity index (χ1v) is 8.88. The van der Waals surface area contributed by atoms with Crippen molar-refractivity contribution >= 4 is 28.2 Å². The number of esters is 1. The number of aromatic nitrogens is 1. The molecule has 26 heavy (non-hydrogen) atoms. The summed E-state index contributed by atoms with van der Waals surface area (Å²) in [5.74, 6) is -0.459. The maximum absolute atomic E-state index is 12.3. The van der Waals surface area contributed by atoms with Crippen LogP contribution in [-0.4, -0.2) is 42.8 Å². The summed E-state index contributed by atoms with van der Waals surface area (Å²) in [7, 11) is 1.29. The van der Waals surface area contributed by atoms with Gasteiger partial charge in [-0.2, -0.15) is 0 Å². The van der Waals surface area contributed by atoms with E-state index in [0.29, 0.717) is 35.2 Å². The van der Waals surface area contributed by atoms with Crippen LogP contribution in [0.1, 0.15) is 41.5 Å². The number of amides is 1. The third kappa shape index (κ3) is 5.82. The molecular weight excluding hydrogens is 356 g/mol. The normalized spacial score (nSPS) is 11.1. The molecular formula is C18H22N2O5S. The zero-order valence-electron chi connectivity index (χ0n) is 15.2. The quantitative estimate of drug-likeness (QED) is 0.587. The van der Waals surface area contributed by atoms with Gasteiger partial charge in [0.25, 0.3) is 5.91 Å². The number of pyridine rings is 1. The van der Waals surface area contributed by atoms with E-state index in [-0.39, 0.29) is 11.5 Å². The van der Waals surface area contributed by atoms with Crippen molar-refractivity contribution in [2.24, 2.45) is 0 Å². The first-order chi connectivity index (χ1) is 12.3. The SMILES string of the molecule is COC(=O)c1ccsc1NC(=O)c1ccc(OCCOC(C)(C)C)nc1. The van der Waals surface area contributed by atoms with E-state index in [1.54, 1.807) is 23.6 Å². The minimum absolute atomic E-state index is 0.219. The predicted molar refractivity (Wildman–Crippen MR) is 99.0 cm³/mol. The van der Waals surface area contributed by atoms with Crippen molar-refractivity contribution in [2.45, 2.75) is 26.4 Å². The molecule has 2 aromatic heterocycles. The highest BCUT2D eigenvalue weighted by atomic mass is 32.1. The summed E-state index contributed by atoms with van der Waals surface area (Å²) in [5.41, 5.74) is 0.453. The number of hydrogen-bond donors (Lipinski definition) is 1. The Morgan fingerprint density at radius 1 is 1.19 bits per heavy atom. The Kier molecular flexibility index (Phi) is 6.70. The highest BCUT2D eigenvalue weighted by Gasteiger charge is 2.16. The largest absolute Gasteiger partial charge is 0.475 e. The monoisotopic (exact) mass is 378 g/mol. The molecule has 0 saturated carbocycles. The van der Waals surface area contributed by atoms with Gasteiger partial charge in [0, 0.05) is 12.3 Å². The molecule has 0 unspecified atom stereocenters. The number of carbonyl (C=O) groups is 2. The fourth-order valence-electron chi connectivity index (χ4n) is 1.95. The molecule has 1 amide bonds. The summed E-state index contributed by atoms with van der Waals surface area (Å²) in [6.07, 6.45) is 1.42. The molecule has 0 aliphatic heterocycles. The van der Waals surface area contributed by atoms with Crippen LogP contribution in [0, 0.1) is 0 Å². The minimum atomic E-state index is -0.499. The lowest BCUT2D eigenvalue weighted by molar-refractivity contribution is -0.0168. The molecule has 0 spiro atoms. The van der Waals surface area contributed by atoms with Crippen molar-refractivity contribution in [1.29, 1.82) is 0 Å². The van der Waals surface area contributed by atoms with Crippen LogP contribution in [0.4, 0.5) is 5.00 Å². The first-order valence-electron chi connectivity index (χ1n) is 8.00. The van der Waals surface area contributed by atoms with Gasteiger partial charge >= 0.3 is 5.97 Å². The number of nitrogens with zero attached hydrogens (tertiary/aromatic N) is 1. The topological polar surface area (TPSA) is 86.8 Å². The van der Waals surface area contributed by atoms with Gasteiger partial charge in [-0.3, -0.25) is 4.79 Å². The van der Waals surface area contributed by atoms with E-state index in [2.05, 4.69) is 15.0 Å². The zero-order chi connectivity index (χ0) is 19.2. The Morgan fingerprint density at radius 2 is 1.96 bits per heavy atom. The van der Waals surface area contributed by atoms with Crippen molar-refractivity contribution in [3.63, 3.8) is 0 Å². The summed E-state index contributed by atoms with van der Waals surface area (Å²) in [6.45, 7) is 6.73. The van der Waals surface area contributed by atoms with Gasteiger partial charge in [-0.05, 0) is 38.3 Å². The van der Waals surface area contributed by atoms with Crippen LogP contribution in [0.25, 0.3) is 0 Å². The smallest absolute Gasteiger partial charge is 0.340 e. The summed E-state index contributed by atoms with van der Waals surface area (Å²) >= 11 is 1.24. The summed E-state index contributed by atoms with van der Waals surface area (Å²) in [5, 5.41) is 4.83. The lowest BCUT2D eigenvalue weighted by atomic mass is 10.2. The van der Waals surface area contributed by atoms with E-state index in [0.717, 1.165) is 0 Å². The maximum Gasteiger partial charge on any atom is 0.340 e. The summed E-state index contributed by atoms with van der Waals surface area (Å²) in [4.78, 5) is 28.0. The van der Waals surface area contributed by atoms with Crippen molar-refractivity contribution < 1.29 is 23.8 Å². The number of carbonyl (C=O) groups excluding carboxylic acids is 2. The van der Waals surface area contributed by atoms with E-state index in [9.17, 15) is 9.59 Å². The number of anilines is 1. The molecule has 2 heterocycles. The van der Waals surface area contributed by atoms with Gasteiger partial charge in [-0.25, -0.2) is 9.78 Å². The van der Waals surface area contributed by atoms with Gasteiger partial charge in [0.1, 0.15) is 11.6 Å². The van der Waals surface area contributed by atoms with Gasteiger partial charge in [0.05, 0.1) is 30.4 Å². The number of nitrogens with one attached hydrogen (secondary N) is 1. The fourth-order valence-corrected chi connectivity index (χ4v) is 2.72. The standard InChI is InChI=1S/C18H22N2O5S/c1-18(2,3)25-9-8-24-14-6-5-12(11-19-14)15(21)20-16-13(7-10-26-16)17(22)23-4/h5-7,10-11H,8-9H2,1-4H3,(H,20,21). The van der Waals surface area contributed by atoms with Crippen molar-refractivity contribution in [2.75, 3.05) is 25.6 Å². The Hall–Kier alpha value is -2.45. The van der Waals surface area contributed by atoms with E-state index in [1.807, 2.05) is 20.8 Å². The number of thiophene rings is 1. The second kappa shape index (κ2) is 8.77. The highest BCUT2D eigenvalue weighted by molar-refractivity contribution is 7.14. The van der Waals surface area contributed by atoms with E-state index < -0.39 is 5.97 Å². The molecule has 0 bridgehead atoms. The van der Waals surface area contributed by atoms with E-state index in [1.165, 1.54) is 24.6 Å².